The zero-order valence-electron chi connectivity index (χ0n) is 14.0. The summed E-state index contributed by atoms with van der Waals surface area (Å²) in [5, 5.41) is 12.7. The van der Waals surface area contributed by atoms with Crippen LogP contribution in [0.3, 0.4) is 0 Å². The van der Waals surface area contributed by atoms with Crippen LogP contribution in [0.5, 0.6) is 0 Å². The molecule has 0 atom stereocenters. The molecule has 126 valence electrons. The second kappa shape index (κ2) is 8.70. The van der Waals surface area contributed by atoms with Gasteiger partial charge >= 0.3 is 0 Å². The van der Waals surface area contributed by atoms with Gasteiger partial charge in [-0.2, -0.15) is 0 Å². The molecule has 1 heterocycles. The monoisotopic (exact) mass is 318 g/mol. The Morgan fingerprint density at radius 3 is 2.83 bits per heavy atom. The minimum atomic E-state index is -0.0672. The van der Waals surface area contributed by atoms with Crippen LogP contribution in [0.15, 0.2) is 24.3 Å². The van der Waals surface area contributed by atoms with Crippen LogP contribution >= 0.6 is 0 Å². The van der Waals surface area contributed by atoms with E-state index in [2.05, 4.69) is 28.9 Å². The zero-order chi connectivity index (χ0) is 16.7. The molecule has 0 fully saturated rings. The average molecular weight is 318 g/mol. The molecular weight excluding hydrogens is 292 g/mol. The number of hydrogen-bond acceptors (Lipinski definition) is 3. The molecule has 2 N–H and O–H groups in total. The third-order valence-electron chi connectivity index (χ3n) is 3.94. The number of fused-ring (bicyclic) bond motifs is 1. The van der Waals surface area contributed by atoms with Gasteiger partial charge in [-0.3, -0.25) is 4.79 Å². The summed E-state index contributed by atoms with van der Waals surface area (Å²) in [6, 6.07) is 8.14. The fourth-order valence-electron chi connectivity index (χ4n) is 2.80. The van der Waals surface area contributed by atoms with Crippen molar-refractivity contribution < 1.29 is 14.6 Å². The topological polar surface area (TPSA) is 63.5 Å². The zero-order valence-corrected chi connectivity index (χ0v) is 14.0. The van der Waals surface area contributed by atoms with Crippen molar-refractivity contribution in [2.45, 2.75) is 33.2 Å². The van der Waals surface area contributed by atoms with Gasteiger partial charge in [0.2, 0.25) is 0 Å². The third kappa shape index (κ3) is 4.12. The number of aryl methyl sites for hydroxylation is 2. The lowest BCUT2D eigenvalue weighted by atomic mass is 10.1. The molecule has 0 spiro atoms. The Hall–Kier alpha value is -1.85. The second-order valence-electron chi connectivity index (χ2n) is 5.59. The molecule has 0 bridgehead atoms. The summed E-state index contributed by atoms with van der Waals surface area (Å²) in [7, 11) is 0. The third-order valence-corrected chi connectivity index (χ3v) is 3.94. The lowest BCUT2D eigenvalue weighted by Crippen LogP contribution is -2.30. The molecule has 0 aliphatic carbocycles. The highest BCUT2D eigenvalue weighted by atomic mass is 16.5. The normalized spacial score (nSPS) is 11.1. The van der Waals surface area contributed by atoms with Gasteiger partial charge in [-0.05, 0) is 25.0 Å². The molecule has 5 heteroatoms. The van der Waals surface area contributed by atoms with Crippen molar-refractivity contribution in [2.75, 3.05) is 26.4 Å². The van der Waals surface area contributed by atoms with Crippen LogP contribution < -0.4 is 5.32 Å². The summed E-state index contributed by atoms with van der Waals surface area (Å²) in [4.78, 5) is 12.6. The first-order valence-corrected chi connectivity index (χ1v) is 8.25. The number of carbonyl (C=O) groups excluding carboxylic acids is 1. The maximum Gasteiger partial charge on any atom is 0.268 e. The molecule has 1 amide bonds. The number of hydrogen-bond donors (Lipinski definition) is 2. The van der Waals surface area contributed by atoms with E-state index in [1.54, 1.807) is 0 Å². The van der Waals surface area contributed by atoms with Gasteiger partial charge in [-0.15, -0.1) is 0 Å². The number of aliphatic hydroxyl groups is 1. The van der Waals surface area contributed by atoms with Crippen molar-refractivity contribution >= 4 is 16.8 Å². The average Bonchev–Trinajstić information content (AvgIpc) is 2.85. The van der Waals surface area contributed by atoms with Crippen molar-refractivity contribution in [3.05, 3.63) is 35.5 Å². The van der Waals surface area contributed by atoms with Gasteiger partial charge in [-0.25, -0.2) is 0 Å². The Morgan fingerprint density at radius 2 is 2.09 bits per heavy atom. The number of rotatable bonds is 9. The van der Waals surface area contributed by atoms with Gasteiger partial charge in [0.15, 0.2) is 0 Å². The SMILES string of the molecule is CCCCn1c(C(=O)NCCOCCO)c(C)c2ccccc21. The van der Waals surface area contributed by atoms with E-state index >= 15 is 0 Å². The van der Waals surface area contributed by atoms with Gasteiger partial charge in [0.1, 0.15) is 5.69 Å². The van der Waals surface area contributed by atoms with Crippen molar-refractivity contribution in [3.63, 3.8) is 0 Å². The van der Waals surface area contributed by atoms with Crippen LogP contribution in [-0.4, -0.2) is 41.9 Å². The molecule has 0 saturated heterocycles. The summed E-state index contributed by atoms with van der Waals surface area (Å²) < 4.78 is 7.30. The molecule has 0 radical (unpaired) electrons. The number of unbranched alkanes of at least 4 members (excludes halogenated alkanes) is 1. The number of amides is 1. The lowest BCUT2D eigenvalue weighted by Gasteiger charge is -2.11. The Kier molecular flexibility index (Phi) is 6.62. The van der Waals surface area contributed by atoms with Crippen LogP contribution in [0, 0.1) is 6.92 Å². The lowest BCUT2D eigenvalue weighted by molar-refractivity contribution is 0.0832. The predicted molar refractivity (Wildman–Crippen MR) is 91.8 cm³/mol. The van der Waals surface area contributed by atoms with Crippen molar-refractivity contribution in [1.82, 2.24) is 9.88 Å². The highest BCUT2D eigenvalue weighted by Gasteiger charge is 2.19. The van der Waals surface area contributed by atoms with E-state index in [-0.39, 0.29) is 12.5 Å². The summed E-state index contributed by atoms with van der Waals surface area (Å²) >= 11 is 0. The molecule has 1 aromatic carbocycles. The van der Waals surface area contributed by atoms with Gasteiger partial charge in [0.05, 0.1) is 19.8 Å². The molecule has 1 aromatic heterocycles. The number of nitrogens with zero attached hydrogens (tertiary/aromatic N) is 1. The summed E-state index contributed by atoms with van der Waals surface area (Å²) in [5.74, 6) is -0.0672. The second-order valence-corrected chi connectivity index (χ2v) is 5.59. The van der Waals surface area contributed by atoms with Gasteiger partial charge in [0.25, 0.3) is 5.91 Å². The van der Waals surface area contributed by atoms with Crippen LogP contribution in [0.25, 0.3) is 10.9 Å². The van der Waals surface area contributed by atoms with Crippen molar-refractivity contribution in [3.8, 4) is 0 Å². The van der Waals surface area contributed by atoms with Crippen LogP contribution in [0.1, 0.15) is 35.8 Å². The van der Waals surface area contributed by atoms with Crippen molar-refractivity contribution in [1.29, 1.82) is 0 Å². The summed E-state index contributed by atoms with van der Waals surface area (Å²) in [5.41, 5.74) is 2.87. The van der Waals surface area contributed by atoms with E-state index in [1.807, 2.05) is 19.1 Å². The number of ether oxygens (including phenoxy) is 1. The molecule has 0 aliphatic heterocycles. The van der Waals surface area contributed by atoms with E-state index in [0.29, 0.717) is 19.8 Å². The standard InChI is InChI=1S/C18H26N2O3/c1-3-4-10-20-16-8-6-5-7-15(16)14(2)17(20)18(22)19-9-12-23-13-11-21/h5-8,21H,3-4,9-13H2,1-2H3,(H,19,22). The molecule has 23 heavy (non-hydrogen) atoms. The van der Waals surface area contributed by atoms with Crippen LogP contribution in [0.2, 0.25) is 0 Å². The van der Waals surface area contributed by atoms with Gasteiger partial charge in [-0.1, -0.05) is 31.5 Å². The first kappa shape index (κ1) is 17.5. The highest BCUT2D eigenvalue weighted by molar-refractivity contribution is 6.01. The molecule has 2 rings (SSSR count). The van der Waals surface area contributed by atoms with Crippen LogP contribution in [0.4, 0.5) is 0 Å². The first-order valence-electron chi connectivity index (χ1n) is 8.25. The Balaban J connectivity index is 2.20. The first-order chi connectivity index (χ1) is 11.2. The maximum absolute atomic E-state index is 12.6. The molecule has 0 aliphatic rings. The number of benzene rings is 1. The maximum atomic E-state index is 12.6. The van der Waals surface area contributed by atoms with E-state index in [0.717, 1.165) is 41.5 Å². The number of aliphatic hydroxyl groups excluding tert-OH is 1. The molecule has 0 saturated carbocycles. The summed E-state index contributed by atoms with van der Waals surface area (Å²) in [6.45, 7) is 6.13. The molecule has 2 aromatic rings. The van der Waals surface area contributed by atoms with Gasteiger partial charge in [0, 0.05) is 24.0 Å². The van der Waals surface area contributed by atoms with Crippen molar-refractivity contribution in [2.24, 2.45) is 0 Å². The summed E-state index contributed by atoms with van der Waals surface area (Å²) in [6.07, 6.45) is 2.12. The Bertz CT molecular complexity index is 649. The van der Waals surface area contributed by atoms with E-state index in [9.17, 15) is 4.79 Å². The number of aromatic nitrogens is 1. The minimum Gasteiger partial charge on any atom is -0.394 e. The predicted octanol–water partition coefficient (Wildman–Crippen LogP) is 2.49. The van der Waals surface area contributed by atoms with Gasteiger partial charge < -0.3 is 19.7 Å². The molecule has 0 unspecified atom stereocenters. The fraction of sp³-hybridized carbons (Fsp3) is 0.500. The Morgan fingerprint density at radius 1 is 1.30 bits per heavy atom. The van der Waals surface area contributed by atoms with E-state index < -0.39 is 0 Å². The minimum absolute atomic E-state index is 0.00167. The molecule has 5 nitrogen and oxygen atoms in total. The highest BCUT2D eigenvalue weighted by Crippen LogP contribution is 2.26. The smallest absolute Gasteiger partial charge is 0.268 e. The van der Waals surface area contributed by atoms with E-state index in [4.69, 9.17) is 9.84 Å². The van der Waals surface area contributed by atoms with Crippen LogP contribution in [-0.2, 0) is 11.3 Å². The number of para-hydroxylation sites is 1. The number of nitrogens with one attached hydrogen (secondary N) is 1. The van der Waals surface area contributed by atoms with E-state index in [1.165, 1.54) is 0 Å². The fourth-order valence-corrected chi connectivity index (χ4v) is 2.80. The quantitative estimate of drug-likeness (QED) is 0.698. The largest absolute Gasteiger partial charge is 0.394 e. The Labute approximate surface area is 137 Å². The number of carbonyl (C=O) groups is 1. The molecular formula is C18H26N2O3.